The fourth-order valence-electron chi connectivity index (χ4n) is 3.85. The topological polar surface area (TPSA) is 32.3 Å². The quantitative estimate of drug-likeness (QED) is 0.896. The fourth-order valence-corrected chi connectivity index (χ4v) is 3.85. The van der Waals surface area contributed by atoms with Crippen molar-refractivity contribution in [3.8, 4) is 0 Å². The molecule has 2 atom stereocenters. The second-order valence-corrected chi connectivity index (χ2v) is 6.45. The molecule has 0 radical (unpaired) electrons. The second kappa shape index (κ2) is 5.21. The van der Waals surface area contributed by atoms with Crippen molar-refractivity contribution >= 4 is 5.91 Å². The minimum absolute atomic E-state index is 0.218. The van der Waals surface area contributed by atoms with Crippen molar-refractivity contribution in [1.82, 2.24) is 10.2 Å². The Morgan fingerprint density at radius 1 is 1.30 bits per heavy atom. The molecule has 0 aliphatic carbocycles. The van der Waals surface area contributed by atoms with Gasteiger partial charge in [-0.3, -0.25) is 4.79 Å². The molecule has 0 bridgehead atoms. The molecule has 3 heteroatoms. The molecular weight excluding hydrogens is 248 g/mol. The van der Waals surface area contributed by atoms with E-state index in [1.165, 1.54) is 5.56 Å². The molecule has 3 rings (SSSR count). The molecule has 108 valence electrons. The van der Waals surface area contributed by atoms with Crippen molar-refractivity contribution in [2.75, 3.05) is 19.6 Å². The minimum atomic E-state index is -0.218. The van der Waals surface area contributed by atoms with Gasteiger partial charge >= 0.3 is 0 Å². The molecule has 2 heterocycles. The Hall–Kier alpha value is -1.35. The maximum absolute atomic E-state index is 13.0. The van der Waals surface area contributed by atoms with E-state index in [9.17, 15) is 4.79 Å². The molecule has 1 aromatic rings. The predicted octanol–water partition coefficient (Wildman–Crippen LogP) is 2.39. The van der Waals surface area contributed by atoms with Crippen LogP contribution in [0.15, 0.2) is 30.3 Å². The van der Waals surface area contributed by atoms with Crippen molar-refractivity contribution < 1.29 is 4.79 Å². The van der Waals surface area contributed by atoms with E-state index in [4.69, 9.17) is 0 Å². The van der Waals surface area contributed by atoms with Gasteiger partial charge in [-0.25, -0.2) is 0 Å². The Balaban J connectivity index is 2.00. The van der Waals surface area contributed by atoms with Gasteiger partial charge in [0, 0.05) is 25.0 Å². The maximum Gasteiger partial charge on any atom is 0.231 e. The van der Waals surface area contributed by atoms with Gasteiger partial charge in [-0.1, -0.05) is 30.3 Å². The summed E-state index contributed by atoms with van der Waals surface area (Å²) in [4.78, 5) is 15.1. The lowest BCUT2D eigenvalue weighted by Gasteiger charge is -2.37. The van der Waals surface area contributed by atoms with Gasteiger partial charge in [0.15, 0.2) is 0 Å². The number of benzene rings is 1. The molecule has 1 aromatic carbocycles. The zero-order chi connectivity index (χ0) is 14.2. The highest BCUT2D eigenvalue weighted by Crippen LogP contribution is 2.48. The molecule has 2 aliphatic rings. The first-order valence-corrected chi connectivity index (χ1v) is 7.72. The summed E-state index contributed by atoms with van der Waals surface area (Å²) >= 11 is 0. The number of hydrogen-bond acceptors (Lipinski definition) is 2. The molecule has 0 saturated carbocycles. The number of hydrogen-bond donors (Lipinski definition) is 1. The lowest BCUT2D eigenvalue weighted by Crippen LogP contribution is -2.48. The maximum atomic E-state index is 13.0. The zero-order valence-electron chi connectivity index (χ0n) is 12.4. The third-order valence-electron chi connectivity index (χ3n) is 4.98. The first kappa shape index (κ1) is 13.6. The van der Waals surface area contributed by atoms with Crippen LogP contribution in [0.3, 0.4) is 0 Å². The summed E-state index contributed by atoms with van der Waals surface area (Å²) in [6.07, 6.45) is 2.11. The standard InChI is InChI=1S/C17H24N2O/c1-13(2)19-11-15(14-7-4-3-5-8-14)17(16(19)20)9-6-10-18-12-17/h3-5,7-8,13,15,18H,6,9-12H2,1-2H3/t15-,17-/m1/s1. The van der Waals surface area contributed by atoms with Crippen LogP contribution >= 0.6 is 0 Å². The van der Waals surface area contributed by atoms with Gasteiger partial charge < -0.3 is 10.2 Å². The first-order valence-electron chi connectivity index (χ1n) is 7.72. The molecule has 1 amide bonds. The van der Waals surface area contributed by atoms with Gasteiger partial charge in [-0.15, -0.1) is 0 Å². The van der Waals surface area contributed by atoms with Crippen molar-refractivity contribution in [2.45, 2.75) is 38.6 Å². The van der Waals surface area contributed by atoms with Crippen LogP contribution in [0, 0.1) is 5.41 Å². The summed E-state index contributed by atoms with van der Waals surface area (Å²) < 4.78 is 0. The van der Waals surface area contributed by atoms with E-state index < -0.39 is 0 Å². The van der Waals surface area contributed by atoms with Crippen LogP contribution in [0.2, 0.25) is 0 Å². The van der Waals surface area contributed by atoms with Crippen molar-refractivity contribution in [3.63, 3.8) is 0 Å². The van der Waals surface area contributed by atoms with Crippen LogP contribution in [-0.4, -0.2) is 36.5 Å². The van der Waals surface area contributed by atoms with Gasteiger partial charge in [0.2, 0.25) is 5.91 Å². The average Bonchev–Trinajstić information content (AvgIpc) is 2.75. The Labute approximate surface area is 121 Å². The number of carbonyl (C=O) groups excluding carboxylic acids is 1. The van der Waals surface area contributed by atoms with Gasteiger partial charge in [-0.2, -0.15) is 0 Å². The summed E-state index contributed by atoms with van der Waals surface area (Å²) in [6.45, 7) is 6.97. The van der Waals surface area contributed by atoms with Crippen molar-refractivity contribution in [3.05, 3.63) is 35.9 Å². The van der Waals surface area contributed by atoms with E-state index in [0.717, 1.165) is 32.5 Å². The lowest BCUT2D eigenvalue weighted by atomic mass is 9.69. The SMILES string of the molecule is CC(C)N1C[C@H](c2ccccc2)[C@]2(CCCNC2)C1=O. The predicted molar refractivity (Wildman–Crippen MR) is 80.6 cm³/mol. The minimum Gasteiger partial charge on any atom is -0.339 e. The average molecular weight is 272 g/mol. The van der Waals surface area contributed by atoms with E-state index in [0.29, 0.717) is 11.8 Å². The molecule has 2 aliphatic heterocycles. The molecule has 2 saturated heterocycles. The smallest absolute Gasteiger partial charge is 0.231 e. The molecular formula is C17H24N2O. The Morgan fingerprint density at radius 2 is 2.05 bits per heavy atom. The zero-order valence-corrected chi connectivity index (χ0v) is 12.4. The Kier molecular flexibility index (Phi) is 3.55. The van der Waals surface area contributed by atoms with Crippen LogP contribution in [-0.2, 0) is 4.79 Å². The first-order chi connectivity index (χ1) is 9.65. The van der Waals surface area contributed by atoms with Gasteiger partial charge in [0.05, 0.1) is 5.41 Å². The summed E-state index contributed by atoms with van der Waals surface area (Å²) in [5.41, 5.74) is 1.09. The summed E-state index contributed by atoms with van der Waals surface area (Å²) in [5.74, 6) is 0.681. The number of carbonyl (C=O) groups is 1. The van der Waals surface area contributed by atoms with E-state index in [-0.39, 0.29) is 11.5 Å². The molecule has 0 aromatic heterocycles. The second-order valence-electron chi connectivity index (χ2n) is 6.45. The van der Waals surface area contributed by atoms with Crippen molar-refractivity contribution in [1.29, 1.82) is 0 Å². The van der Waals surface area contributed by atoms with E-state index in [1.807, 2.05) is 6.07 Å². The number of likely N-dealkylation sites (tertiary alicyclic amines) is 1. The fraction of sp³-hybridized carbons (Fsp3) is 0.588. The Morgan fingerprint density at radius 3 is 2.65 bits per heavy atom. The van der Waals surface area contributed by atoms with E-state index >= 15 is 0 Å². The van der Waals surface area contributed by atoms with Gasteiger partial charge in [-0.05, 0) is 38.8 Å². The van der Waals surface area contributed by atoms with E-state index in [2.05, 4.69) is 48.3 Å². The number of nitrogens with zero attached hydrogens (tertiary/aromatic N) is 1. The molecule has 2 fully saturated rings. The third kappa shape index (κ3) is 2.05. The third-order valence-corrected chi connectivity index (χ3v) is 4.98. The number of rotatable bonds is 2. The normalized spacial score (nSPS) is 30.4. The summed E-state index contributed by atoms with van der Waals surface area (Å²) in [7, 11) is 0. The number of piperidine rings is 1. The molecule has 1 N–H and O–H groups in total. The summed E-state index contributed by atoms with van der Waals surface area (Å²) in [6, 6.07) is 10.9. The van der Waals surface area contributed by atoms with Gasteiger partial charge in [0.25, 0.3) is 0 Å². The molecule has 20 heavy (non-hydrogen) atoms. The van der Waals surface area contributed by atoms with Crippen LogP contribution < -0.4 is 5.32 Å². The lowest BCUT2D eigenvalue weighted by molar-refractivity contribution is -0.138. The number of nitrogens with one attached hydrogen (secondary N) is 1. The molecule has 1 spiro atoms. The number of amides is 1. The van der Waals surface area contributed by atoms with Crippen LogP contribution in [0.4, 0.5) is 0 Å². The van der Waals surface area contributed by atoms with Crippen molar-refractivity contribution in [2.24, 2.45) is 5.41 Å². The monoisotopic (exact) mass is 272 g/mol. The van der Waals surface area contributed by atoms with Crippen LogP contribution in [0.5, 0.6) is 0 Å². The highest BCUT2D eigenvalue weighted by molar-refractivity contribution is 5.87. The highest BCUT2D eigenvalue weighted by Gasteiger charge is 2.54. The Bertz CT molecular complexity index is 477. The van der Waals surface area contributed by atoms with Gasteiger partial charge in [0.1, 0.15) is 0 Å². The molecule has 3 nitrogen and oxygen atoms in total. The van der Waals surface area contributed by atoms with Crippen LogP contribution in [0.1, 0.15) is 38.2 Å². The van der Waals surface area contributed by atoms with Crippen LogP contribution in [0.25, 0.3) is 0 Å². The largest absolute Gasteiger partial charge is 0.339 e. The highest BCUT2D eigenvalue weighted by atomic mass is 16.2. The summed E-state index contributed by atoms with van der Waals surface area (Å²) in [5, 5.41) is 3.46. The molecule has 0 unspecified atom stereocenters. The van der Waals surface area contributed by atoms with E-state index in [1.54, 1.807) is 0 Å².